The summed E-state index contributed by atoms with van der Waals surface area (Å²) in [7, 11) is 0.903. The van der Waals surface area contributed by atoms with Gasteiger partial charge in [0, 0.05) is 24.0 Å². The van der Waals surface area contributed by atoms with Crippen LogP contribution in [-0.4, -0.2) is 74.6 Å². The normalized spacial score (nSPS) is 19.4. The molecule has 1 aromatic rings. The third-order valence-corrected chi connectivity index (χ3v) is 7.59. The van der Waals surface area contributed by atoms with Gasteiger partial charge < -0.3 is 9.80 Å². The predicted molar refractivity (Wildman–Crippen MR) is 113 cm³/mol. The summed E-state index contributed by atoms with van der Waals surface area (Å²) in [5.74, 6) is 0.629. The van der Waals surface area contributed by atoms with Gasteiger partial charge in [0.1, 0.15) is 0 Å². The molecule has 0 aromatic heterocycles. The van der Waals surface area contributed by atoms with Gasteiger partial charge in [-0.3, -0.25) is 4.79 Å². The average molecular weight is 413 g/mol. The minimum absolute atomic E-state index is 0.0175. The van der Waals surface area contributed by atoms with Crippen molar-refractivity contribution in [1.82, 2.24) is 9.80 Å². The number of thioether (sulfide) groups is 1. The number of hydrogen-bond donors (Lipinski definition) is 0. The molecule has 1 fully saturated rings. The smallest absolute Gasteiger partial charge is 0.233 e. The number of benzene rings is 1. The Hall–Kier alpha value is -1.05. The number of sulfone groups is 1. The molecule has 7 heteroatoms. The second-order valence-corrected chi connectivity index (χ2v) is 11.8. The number of carbonyl (C=O) groups excluding carboxylic acids is 1. The monoisotopic (exact) mass is 412 g/mol. The molecule has 1 aliphatic rings. The van der Waals surface area contributed by atoms with E-state index in [9.17, 15) is 13.2 Å². The first-order valence-electron chi connectivity index (χ1n) is 9.36. The fourth-order valence-electron chi connectivity index (χ4n) is 3.12. The van der Waals surface area contributed by atoms with Gasteiger partial charge in [0.2, 0.25) is 5.91 Å². The van der Waals surface area contributed by atoms with Gasteiger partial charge >= 0.3 is 0 Å². The van der Waals surface area contributed by atoms with Crippen molar-refractivity contribution in [3.63, 3.8) is 0 Å². The summed E-state index contributed by atoms with van der Waals surface area (Å²) in [6.45, 7) is 7.83. The highest BCUT2D eigenvalue weighted by Gasteiger charge is 2.34. The van der Waals surface area contributed by atoms with Crippen LogP contribution in [0, 0.1) is 0 Å². The molecule has 1 heterocycles. The van der Waals surface area contributed by atoms with Crippen molar-refractivity contribution in [2.45, 2.75) is 43.5 Å². The fourth-order valence-corrected chi connectivity index (χ4v) is 5.63. The summed E-state index contributed by atoms with van der Waals surface area (Å²) in [5.41, 5.74) is 1.37. The molecule has 0 aliphatic carbocycles. The first-order chi connectivity index (χ1) is 12.5. The molecule has 0 bridgehead atoms. The number of hydrogen-bond acceptors (Lipinski definition) is 5. The number of rotatable bonds is 7. The Morgan fingerprint density at radius 3 is 2.26 bits per heavy atom. The molecule has 0 N–H and O–H groups in total. The maximum Gasteiger partial charge on any atom is 0.233 e. The molecular formula is C20H32N2O3S2. The van der Waals surface area contributed by atoms with Gasteiger partial charge in [-0.05, 0) is 43.6 Å². The third-order valence-electron chi connectivity index (χ3n) is 4.84. The Bertz CT molecular complexity index is 737. The van der Waals surface area contributed by atoms with E-state index >= 15 is 0 Å². The largest absolute Gasteiger partial charge is 0.337 e. The highest BCUT2D eigenvalue weighted by molar-refractivity contribution is 8.00. The van der Waals surface area contributed by atoms with Crippen LogP contribution in [0.5, 0.6) is 0 Å². The summed E-state index contributed by atoms with van der Waals surface area (Å²) in [6.07, 6.45) is 0.548. The van der Waals surface area contributed by atoms with E-state index in [1.807, 2.05) is 19.0 Å². The van der Waals surface area contributed by atoms with E-state index < -0.39 is 9.84 Å². The maximum atomic E-state index is 12.8. The van der Waals surface area contributed by atoms with E-state index in [0.29, 0.717) is 18.7 Å². The SMILES string of the molecule is CN(C)CCN(C(=O)CSc1ccc(C(C)(C)C)cc1)[C@@H]1CCS(=O)(=O)C1. The first kappa shape index (κ1) is 22.2. The lowest BCUT2D eigenvalue weighted by Crippen LogP contribution is -2.45. The minimum atomic E-state index is -3.01. The Morgan fingerprint density at radius 2 is 1.78 bits per heavy atom. The van der Waals surface area contributed by atoms with Crippen molar-refractivity contribution in [2.24, 2.45) is 0 Å². The number of amides is 1. The highest BCUT2D eigenvalue weighted by Crippen LogP contribution is 2.26. The number of likely N-dealkylation sites (N-methyl/N-ethyl adjacent to an activating group) is 1. The van der Waals surface area contributed by atoms with Crippen LogP contribution in [0.15, 0.2) is 29.2 Å². The predicted octanol–water partition coefficient (Wildman–Crippen LogP) is 2.65. The second kappa shape index (κ2) is 8.97. The molecule has 1 saturated heterocycles. The van der Waals surface area contributed by atoms with E-state index in [4.69, 9.17) is 0 Å². The minimum Gasteiger partial charge on any atom is -0.337 e. The van der Waals surface area contributed by atoms with Crippen LogP contribution in [0.25, 0.3) is 0 Å². The summed E-state index contributed by atoms with van der Waals surface area (Å²) in [6, 6.07) is 8.15. The van der Waals surface area contributed by atoms with E-state index in [0.717, 1.165) is 11.4 Å². The fraction of sp³-hybridized carbons (Fsp3) is 0.650. The standard InChI is InChI=1S/C20H32N2O3S2/c1-20(2,3)16-6-8-18(9-7-16)26-14-19(23)22(12-11-21(4)5)17-10-13-27(24,25)15-17/h6-9,17H,10-15H2,1-5H3/t17-/m1/s1. The Labute approximate surface area is 168 Å². The van der Waals surface area contributed by atoms with Gasteiger partial charge in [-0.2, -0.15) is 0 Å². The Kier molecular flexibility index (Phi) is 7.39. The Morgan fingerprint density at radius 1 is 1.15 bits per heavy atom. The van der Waals surface area contributed by atoms with Crippen molar-refractivity contribution in [2.75, 3.05) is 44.4 Å². The summed E-state index contributed by atoms with van der Waals surface area (Å²) in [5, 5.41) is 0. The van der Waals surface area contributed by atoms with Gasteiger partial charge in [0.15, 0.2) is 9.84 Å². The summed E-state index contributed by atoms with van der Waals surface area (Å²) >= 11 is 1.51. The van der Waals surface area contributed by atoms with Crippen molar-refractivity contribution in [3.8, 4) is 0 Å². The molecule has 1 amide bonds. The molecule has 2 rings (SSSR count). The summed E-state index contributed by atoms with van der Waals surface area (Å²) in [4.78, 5) is 17.7. The third kappa shape index (κ3) is 6.80. The van der Waals surface area contributed by atoms with Gasteiger partial charge in [-0.15, -0.1) is 11.8 Å². The highest BCUT2D eigenvalue weighted by atomic mass is 32.2. The molecule has 0 unspecified atom stereocenters. The van der Waals surface area contributed by atoms with Crippen molar-refractivity contribution >= 4 is 27.5 Å². The molecule has 0 spiro atoms. The topological polar surface area (TPSA) is 57.7 Å². The zero-order chi connectivity index (χ0) is 20.2. The first-order valence-corrected chi connectivity index (χ1v) is 12.2. The van der Waals surface area contributed by atoms with Crippen LogP contribution in [0.2, 0.25) is 0 Å². The van der Waals surface area contributed by atoms with Crippen LogP contribution in [0.3, 0.4) is 0 Å². The van der Waals surface area contributed by atoms with Gasteiger partial charge in [-0.1, -0.05) is 32.9 Å². The average Bonchev–Trinajstić information content (AvgIpc) is 2.92. The summed E-state index contributed by atoms with van der Waals surface area (Å²) < 4.78 is 23.7. The number of carbonyl (C=O) groups is 1. The van der Waals surface area contributed by atoms with E-state index in [2.05, 4.69) is 45.0 Å². The van der Waals surface area contributed by atoms with Gasteiger partial charge in [0.05, 0.1) is 17.3 Å². The zero-order valence-corrected chi connectivity index (χ0v) is 18.7. The molecule has 1 aromatic carbocycles. The molecule has 1 aliphatic heterocycles. The molecule has 27 heavy (non-hydrogen) atoms. The van der Waals surface area contributed by atoms with Crippen LogP contribution in [0.4, 0.5) is 0 Å². The lowest BCUT2D eigenvalue weighted by atomic mass is 9.87. The lowest BCUT2D eigenvalue weighted by Gasteiger charge is -2.29. The van der Waals surface area contributed by atoms with Crippen molar-refractivity contribution in [1.29, 1.82) is 0 Å². The molecule has 0 saturated carbocycles. The van der Waals surface area contributed by atoms with Gasteiger partial charge in [-0.25, -0.2) is 8.42 Å². The molecule has 0 radical (unpaired) electrons. The zero-order valence-electron chi connectivity index (χ0n) is 17.1. The molecular weight excluding hydrogens is 380 g/mol. The van der Waals surface area contributed by atoms with Crippen molar-refractivity contribution in [3.05, 3.63) is 29.8 Å². The quantitative estimate of drug-likeness (QED) is 0.645. The lowest BCUT2D eigenvalue weighted by molar-refractivity contribution is -0.130. The molecule has 152 valence electrons. The number of nitrogens with zero attached hydrogens (tertiary/aromatic N) is 2. The van der Waals surface area contributed by atoms with Crippen molar-refractivity contribution < 1.29 is 13.2 Å². The molecule has 1 atom stereocenters. The van der Waals surface area contributed by atoms with E-state index in [-0.39, 0.29) is 28.9 Å². The van der Waals surface area contributed by atoms with E-state index in [1.54, 1.807) is 4.90 Å². The maximum absolute atomic E-state index is 12.8. The second-order valence-electron chi connectivity index (χ2n) is 8.51. The van der Waals surface area contributed by atoms with Crippen LogP contribution < -0.4 is 0 Å². The van der Waals surface area contributed by atoms with Gasteiger partial charge in [0.25, 0.3) is 0 Å². The van der Waals surface area contributed by atoms with Crippen LogP contribution in [0.1, 0.15) is 32.8 Å². The van der Waals surface area contributed by atoms with Crippen LogP contribution in [-0.2, 0) is 20.0 Å². The van der Waals surface area contributed by atoms with Crippen LogP contribution >= 0.6 is 11.8 Å². The van der Waals surface area contributed by atoms with E-state index in [1.165, 1.54) is 17.3 Å². The molecule has 5 nitrogen and oxygen atoms in total. The Balaban J connectivity index is 2.00.